The van der Waals surface area contributed by atoms with E-state index in [9.17, 15) is 4.39 Å². The van der Waals surface area contributed by atoms with Crippen molar-refractivity contribution in [2.45, 2.75) is 26.7 Å². The van der Waals surface area contributed by atoms with E-state index in [4.69, 9.17) is 12.2 Å². The summed E-state index contributed by atoms with van der Waals surface area (Å²) < 4.78 is 13.8. The second-order valence-electron chi connectivity index (χ2n) is 3.82. The van der Waals surface area contributed by atoms with E-state index in [-0.39, 0.29) is 5.82 Å². The number of benzene rings is 1. The standard InChI is InChI=1S/C12H16BrFN2S/c1-3-4-5-15-12(17)16-11-7-10(14)9(13)6-8(11)2/h6-7H,3-5H2,1-2H3,(H2,15,16,17). The van der Waals surface area contributed by atoms with Crippen LogP contribution in [0.2, 0.25) is 0 Å². The van der Waals surface area contributed by atoms with Crippen LogP contribution in [-0.4, -0.2) is 11.7 Å². The zero-order chi connectivity index (χ0) is 12.8. The normalized spacial score (nSPS) is 10.1. The van der Waals surface area contributed by atoms with E-state index in [0.717, 1.165) is 24.9 Å². The maximum atomic E-state index is 13.4. The molecule has 0 aromatic heterocycles. The van der Waals surface area contributed by atoms with Gasteiger partial charge in [0.1, 0.15) is 5.82 Å². The summed E-state index contributed by atoms with van der Waals surface area (Å²) >= 11 is 8.28. The zero-order valence-corrected chi connectivity index (χ0v) is 12.3. The maximum absolute atomic E-state index is 13.4. The highest BCUT2D eigenvalue weighted by Gasteiger charge is 2.06. The van der Waals surface area contributed by atoms with E-state index < -0.39 is 0 Å². The highest BCUT2D eigenvalue weighted by molar-refractivity contribution is 9.10. The van der Waals surface area contributed by atoms with Crippen molar-refractivity contribution in [3.63, 3.8) is 0 Å². The Morgan fingerprint density at radius 2 is 2.18 bits per heavy atom. The maximum Gasteiger partial charge on any atom is 0.170 e. The first-order chi connectivity index (χ1) is 8.04. The number of anilines is 1. The van der Waals surface area contributed by atoms with Crippen molar-refractivity contribution in [2.75, 3.05) is 11.9 Å². The minimum absolute atomic E-state index is 0.297. The lowest BCUT2D eigenvalue weighted by Crippen LogP contribution is -2.29. The molecular weight excluding hydrogens is 303 g/mol. The van der Waals surface area contributed by atoms with Crippen LogP contribution in [0.15, 0.2) is 16.6 Å². The molecule has 0 unspecified atom stereocenters. The van der Waals surface area contributed by atoms with Crippen LogP contribution in [0.5, 0.6) is 0 Å². The van der Waals surface area contributed by atoms with E-state index >= 15 is 0 Å². The first-order valence-corrected chi connectivity index (χ1v) is 6.75. The van der Waals surface area contributed by atoms with Crippen molar-refractivity contribution in [1.29, 1.82) is 0 Å². The summed E-state index contributed by atoms with van der Waals surface area (Å²) in [7, 11) is 0. The Hall–Kier alpha value is -0.680. The van der Waals surface area contributed by atoms with Gasteiger partial charge in [0, 0.05) is 12.2 Å². The molecule has 1 aromatic rings. The molecule has 0 saturated heterocycles. The lowest BCUT2D eigenvalue weighted by atomic mass is 10.2. The summed E-state index contributed by atoms with van der Waals surface area (Å²) in [4.78, 5) is 0. The molecule has 0 bridgehead atoms. The first kappa shape index (κ1) is 14.4. The fourth-order valence-corrected chi connectivity index (χ4v) is 2.00. The molecule has 2 N–H and O–H groups in total. The molecule has 1 rings (SSSR count). The molecule has 0 saturated carbocycles. The van der Waals surface area contributed by atoms with E-state index in [2.05, 4.69) is 33.5 Å². The number of unbranched alkanes of at least 4 members (excludes halogenated alkanes) is 1. The van der Waals surface area contributed by atoms with E-state index in [0.29, 0.717) is 15.3 Å². The third kappa shape index (κ3) is 4.60. The molecule has 2 nitrogen and oxygen atoms in total. The number of rotatable bonds is 4. The summed E-state index contributed by atoms with van der Waals surface area (Å²) in [6.07, 6.45) is 2.18. The molecule has 0 atom stereocenters. The van der Waals surface area contributed by atoms with E-state index in [1.807, 2.05) is 6.92 Å². The SMILES string of the molecule is CCCCNC(=S)Nc1cc(F)c(Br)cc1C. The third-order valence-electron chi connectivity index (χ3n) is 2.33. The Bertz CT molecular complexity index is 410. The molecule has 1 aromatic carbocycles. The highest BCUT2D eigenvalue weighted by atomic mass is 79.9. The molecular formula is C12H16BrFN2S. The molecule has 94 valence electrons. The van der Waals surface area contributed by atoms with Gasteiger partial charge in [-0.3, -0.25) is 0 Å². The van der Waals surface area contributed by atoms with Gasteiger partial charge in [-0.05, 0) is 59.2 Å². The van der Waals surface area contributed by atoms with Crippen molar-refractivity contribution < 1.29 is 4.39 Å². The van der Waals surface area contributed by atoms with Gasteiger partial charge in [-0.2, -0.15) is 0 Å². The number of aryl methyl sites for hydroxylation is 1. The Morgan fingerprint density at radius 1 is 1.47 bits per heavy atom. The summed E-state index contributed by atoms with van der Waals surface area (Å²) in [5, 5.41) is 6.61. The molecule has 17 heavy (non-hydrogen) atoms. The molecule has 0 heterocycles. The van der Waals surface area contributed by atoms with Crippen molar-refractivity contribution in [3.05, 3.63) is 28.0 Å². The summed E-state index contributed by atoms with van der Waals surface area (Å²) in [5.74, 6) is -0.297. The van der Waals surface area contributed by atoms with Crippen molar-refractivity contribution >= 4 is 38.9 Å². The highest BCUT2D eigenvalue weighted by Crippen LogP contribution is 2.23. The summed E-state index contributed by atoms with van der Waals surface area (Å²) in [6.45, 7) is 4.86. The molecule has 0 aliphatic heterocycles. The molecule has 0 amide bonds. The fourth-order valence-electron chi connectivity index (χ4n) is 1.33. The predicted molar refractivity (Wildman–Crippen MR) is 78.0 cm³/mol. The topological polar surface area (TPSA) is 24.1 Å². The smallest absolute Gasteiger partial charge is 0.170 e. The van der Waals surface area contributed by atoms with Crippen LogP contribution in [-0.2, 0) is 0 Å². The summed E-state index contributed by atoms with van der Waals surface area (Å²) in [5.41, 5.74) is 1.64. The van der Waals surface area contributed by atoms with Crippen molar-refractivity contribution in [2.24, 2.45) is 0 Å². The molecule has 0 radical (unpaired) electrons. The first-order valence-electron chi connectivity index (χ1n) is 5.55. The molecule has 0 aliphatic carbocycles. The lowest BCUT2D eigenvalue weighted by molar-refractivity contribution is 0.621. The van der Waals surface area contributed by atoms with Crippen LogP contribution in [0.4, 0.5) is 10.1 Å². The monoisotopic (exact) mass is 318 g/mol. The summed E-state index contributed by atoms with van der Waals surface area (Å²) in [6, 6.07) is 3.17. The van der Waals surface area contributed by atoms with E-state index in [1.54, 1.807) is 6.07 Å². The van der Waals surface area contributed by atoms with Gasteiger partial charge in [0.25, 0.3) is 0 Å². The minimum atomic E-state index is -0.297. The second-order valence-corrected chi connectivity index (χ2v) is 5.08. The fraction of sp³-hybridized carbons (Fsp3) is 0.417. The average Bonchev–Trinajstić information content (AvgIpc) is 2.26. The van der Waals surface area contributed by atoms with Gasteiger partial charge in [0.2, 0.25) is 0 Å². The van der Waals surface area contributed by atoms with Gasteiger partial charge >= 0.3 is 0 Å². The van der Waals surface area contributed by atoms with Gasteiger partial charge in [0.15, 0.2) is 5.11 Å². The quantitative estimate of drug-likeness (QED) is 0.648. The number of hydrogen-bond acceptors (Lipinski definition) is 1. The van der Waals surface area contributed by atoms with Crippen LogP contribution in [0.3, 0.4) is 0 Å². The van der Waals surface area contributed by atoms with Crippen LogP contribution in [0.1, 0.15) is 25.3 Å². The Balaban J connectivity index is 2.62. The molecule has 0 spiro atoms. The average molecular weight is 319 g/mol. The lowest BCUT2D eigenvalue weighted by Gasteiger charge is -2.12. The second kappa shape index (κ2) is 6.91. The number of nitrogens with one attached hydrogen (secondary N) is 2. The van der Waals surface area contributed by atoms with Crippen LogP contribution < -0.4 is 10.6 Å². The number of hydrogen-bond donors (Lipinski definition) is 2. The molecule has 5 heteroatoms. The molecule has 0 aliphatic rings. The van der Waals surface area contributed by atoms with Crippen LogP contribution in [0, 0.1) is 12.7 Å². The Kier molecular flexibility index (Phi) is 5.85. The minimum Gasteiger partial charge on any atom is -0.362 e. The third-order valence-corrected chi connectivity index (χ3v) is 3.19. The van der Waals surface area contributed by atoms with Crippen molar-refractivity contribution in [3.8, 4) is 0 Å². The number of halogens is 2. The van der Waals surface area contributed by atoms with Gasteiger partial charge in [-0.1, -0.05) is 13.3 Å². The van der Waals surface area contributed by atoms with Gasteiger partial charge in [0.05, 0.1) is 4.47 Å². The number of thiocarbonyl (C=S) groups is 1. The van der Waals surface area contributed by atoms with Crippen LogP contribution >= 0.6 is 28.1 Å². The van der Waals surface area contributed by atoms with E-state index in [1.165, 1.54) is 6.07 Å². The van der Waals surface area contributed by atoms with Crippen molar-refractivity contribution in [1.82, 2.24) is 5.32 Å². The zero-order valence-electron chi connectivity index (χ0n) is 9.94. The predicted octanol–water partition coefficient (Wildman–Crippen LogP) is 3.98. The largest absolute Gasteiger partial charge is 0.362 e. The van der Waals surface area contributed by atoms with Crippen LogP contribution in [0.25, 0.3) is 0 Å². The Labute approximate surface area is 115 Å². The van der Waals surface area contributed by atoms with Gasteiger partial charge in [-0.15, -0.1) is 0 Å². The Morgan fingerprint density at radius 3 is 2.82 bits per heavy atom. The van der Waals surface area contributed by atoms with Gasteiger partial charge in [-0.25, -0.2) is 4.39 Å². The molecule has 0 fully saturated rings. The van der Waals surface area contributed by atoms with Gasteiger partial charge < -0.3 is 10.6 Å².